The molecule has 1 rings (SSSR count). The molecule has 0 radical (unpaired) electrons. The first-order valence-electron chi connectivity index (χ1n) is 6.28. The Morgan fingerprint density at radius 1 is 1.56 bits per heavy atom. The average Bonchev–Trinajstić information content (AvgIpc) is 2.76. The predicted molar refractivity (Wildman–Crippen MR) is 64.2 cm³/mol. The van der Waals surface area contributed by atoms with Gasteiger partial charge in [-0.05, 0) is 39.4 Å². The second kappa shape index (κ2) is 6.86. The minimum Gasteiger partial charge on any atom is -0.394 e. The third-order valence-corrected chi connectivity index (χ3v) is 3.38. The van der Waals surface area contributed by atoms with Crippen molar-refractivity contribution in [3.8, 4) is 0 Å². The van der Waals surface area contributed by atoms with Crippen molar-refractivity contribution in [3.63, 3.8) is 0 Å². The Labute approximate surface area is 98.2 Å². The Morgan fingerprint density at radius 2 is 2.31 bits per heavy atom. The third-order valence-electron chi connectivity index (χ3n) is 3.38. The van der Waals surface area contributed by atoms with E-state index in [1.54, 1.807) is 0 Å². The van der Waals surface area contributed by atoms with Crippen molar-refractivity contribution in [1.29, 1.82) is 0 Å². The van der Waals surface area contributed by atoms with Crippen LogP contribution in [0.3, 0.4) is 0 Å². The zero-order valence-electron chi connectivity index (χ0n) is 10.5. The lowest BCUT2D eigenvalue weighted by molar-refractivity contribution is -0.132. The largest absolute Gasteiger partial charge is 0.394 e. The Bertz CT molecular complexity index is 221. The van der Waals surface area contributed by atoms with Crippen LogP contribution in [0.1, 0.15) is 32.6 Å². The Kier molecular flexibility index (Phi) is 5.77. The molecule has 0 saturated carbocycles. The molecule has 94 valence electrons. The molecule has 0 aromatic heterocycles. The van der Waals surface area contributed by atoms with Gasteiger partial charge in [-0.2, -0.15) is 0 Å². The number of aliphatic hydroxyl groups excluding tert-OH is 1. The molecule has 1 aliphatic rings. The predicted octanol–water partition coefficient (Wildman–Crippen LogP) is 0.702. The number of carbonyl (C=O) groups is 1. The first-order chi connectivity index (χ1) is 7.69. The van der Waals surface area contributed by atoms with Crippen molar-refractivity contribution >= 4 is 5.91 Å². The Morgan fingerprint density at radius 3 is 2.94 bits per heavy atom. The minimum atomic E-state index is 0.0800. The summed E-state index contributed by atoms with van der Waals surface area (Å²) < 4.78 is 0. The molecule has 1 heterocycles. The summed E-state index contributed by atoms with van der Waals surface area (Å²) in [4.78, 5) is 15.9. The smallest absolute Gasteiger partial charge is 0.222 e. The van der Waals surface area contributed by atoms with Crippen molar-refractivity contribution in [2.75, 3.05) is 33.3 Å². The topological polar surface area (TPSA) is 43.8 Å². The van der Waals surface area contributed by atoms with Crippen molar-refractivity contribution in [3.05, 3.63) is 0 Å². The fourth-order valence-electron chi connectivity index (χ4n) is 2.16. The maximum Gasteiger partial charge on any atom is 0.222 e. The van der Waals surface area contributed by atoms with Gasteiger partial charge in [-0.15, -0.1) is 0 Å². The Hall–Kier alpha value is -0.610. The lowest BCUT2D eigenvalue weighted by Gasteiger charge is -2.23. The first-order valence-corrected chi connectivity index (χ1v) is 6.28. The maximum absolute atomic E-state index is 11.9. The van der Waals surface area contributed by atoms with Crippen LogP contribution in [0.4, 0.5) is 0 Å². The summed E-state index contributed by atoms with van der Waals surface area (Å²) in [5.74, 6) is 0.209. The van der Waals surface area contributed by atoms with Gasteiger partial charge in [-0.25, -0.2) is 0 Å². The maximum atomic E-state index is 11.9. The van der Waals surface area contributed by atoms with Crippen LogP contribution in [0, 0.1) is 0 Å². The van der Waals surface area contributed by atoms with E-state index in [0.717, 1.165) is 38.9 Å². The van der Waals surface area contributed by atoms with Crippen molar-refractivity contribution in [2.24, 2.45) is 0 Å². The van der Waals surface area contributed by atoms with Crippen LogP contribution in [-0.4, -0.2) is 60.1 Å². The summed E-state index contributed by atoms with van der Waals surface area (Å²) in [6, 6.07) is 0.0800. The summed E-state index contributed by atoms with van der Waals surface area (Å²) in [5.41, 5.74) is 0. The number of aliphatic hydroxyl groups is 1. The first kappa shape index (κ1) is 13.5. The molecule has 16 heavy (non-hydrogen) atoms. The molecule has 0 aromatic carbocycles. The average molecular weight is 228 g/mol. The fraction of sp³-hybridized carbons (Fsp3) is 0.917. The number of nitrogens with zero attached hydrogens (tertiary/aromatic N) is 2. The monoisotopic (exact) mass is 228 g/mol. The molecule has 0 bridgehead atoms. The van der Waals surface area contributed by atoms with E-state index < -0.39 is 0 Å². The molecule has 1 amide bonds. The van der Waals surface area contributed by atoms with E-state index in [2.05, 4.69) is 18.9 Å². The van der Waals surface area contributed by atoms with Crippen LogP contribution in [0.25, 0.3) is 0 Å². The highest BCUT2D eigenvalue weighted by atomic mass is 16.3. The van der Waals surface area contributed by atoms with E-state index in [-0.39, 0.29) is 18.6 Å². The highest BCUT2D eigenvalue weighted by Crippen LogP contribution is 2.18. The molecule has 0 aliphatic carbocycles. The quantitative estimate of drug-likeness (QED) is 0.728. The summed E-state index contributed by atoms with van der Waals surface area (Å²) in [7, 11) is 2.07. The van der Waals surface area contributed by atoms with Gasteiger partial charge in [-0.1, -0.05) is 6.92 Å². The molecular weight excluding hydrogens is 204 g/mol. The van der Waals surface area contributed by atoms with E-state index in [0.29, 0.717) is 6.42 Å². The van der Waals surface area contributed by atoms with E-state index in [9.17, 15) is 4.79 Å². The fourth-order valence-corrected chi connectivity index (χ4v) is 2.16. The minimum absolute atomic E-state index is 0.0800. The second-order valence-electron chi connectivity index (χ2n) is 4.57. The van der Waals surface area contributed by atoms with E-state index in [1.807, 2.05) is 4.90 Å². The van der Waals surface area contributed by atoms with E-state index in [4.69, 9.17) is 5.11 Å². The molecule has 1 fully saturated rings. The third kappa shape index (κ3) is 3.76. The highest BCUT2D eigenvalue weighted by molar-refractivity contribution is 5.76. The van der Waals surface area contributed by atoms with E-state index in [1.165, 1.54) is 0 Å². The normalized spacial score (nSPS) is 20.8. The van der Waals surface area contributed by atoms with Crippen LogP contribution in [0.15, 0.2) is 0 Å². The van der Waals surface area contributed by atoms with Crippen LogP contribution < -0.4 is 0 Å². The van der Waals surface area contributed by atoms with Crippen molar-refractivity contribution in [2.45, 2.75) is 38.6 Å². The SMILES string of the molecule is CCN(C)CCCC(=O)N1CCCC1CO. The molecule has 1 atom stereocenters. The zero-order chi connectivity index (χ0) is 12.0. The molecular formula is C12H24N2O2. The van der Waals surface area contributed by atoms with Crippen molar-refractivity contribution in [1.82, 2.24) is 9.80 Å². The van der Waals surface area contributed by atoms with Gasteiger partial charge < -0.3 is 14.9 Å². The standard InChI is InChI=1S/C12H24N2O2/c1-3-13(2)8-5-7-12(16)14-9-4-6-11(14)10-15/h11,15H,3-10H2,1-2H3. The van der Waals surface area contributed by atoms with Crippen molar-refractivity contribution < 1.29 is 9.90 Å². The molecule has 0 aromatic rings. The van der Waals surface area contributed by atoms with Crippen LogP contribution in [0.5, 0.6) is 0 Å². The summed E-state index contributed by atoms with van der Waals surface area (Å²) >= 11 is 0. The lowest BCUT2D eigenvalue weighted by atomic mass is 10.2. The Balaban J connectivity index is 2.24. The number of carbonyl (C=O) groups excluding carboxylic acids is 1. The number of hydrogen-bond donors (Lipinski definition) is 1. The molecule has 1 saturated heterocycles. The van der Waals surface area contributed by atoms with E-state index >= 15 is 0 Å². The van der Waals surface area contributed by atoms with Gasteiger partial charge in [0.25, 0.3) is 0 Å². The highest BCUT2D eigenvalue weighted by Gasteiger charge is 2.27. The summed E-state index contributed by atoms with van der Waals surface area (Å²) in [6.07, 6.45) is 3.52. The van der Waals surface area contributed by atoms with Gasteiger partial charge in [0.05, 0.1) is 12.6 Å². The second-order valence-corrected chi connectivity index (χ2v) is 4.57. The van der Waals surface area contributed by atoms with Gasteiger partial charge in [0.15, 0.2) is 0 Å². The number of rotatable bonds is 6. The van der Waals surface area contributed by atoms with Gasteiger partial charge >= 0.3 is 0 Å². The summed E-state index contributed by atoms with van der Waals surface area (Å²) in [5, 5.41) is 9.13. The zero-order valence-corrected chi connectivity index (χ0v) is 10.5. The number of hydrogen-bond acceptors (Lipinski definition) is 3. The molecule has 4 heteroatoms. The number of likely N-dealkylation sites (tertiary alicyclic amines) is 1. The van der Waals surface area contributed by atoms with Crippen LogP contribution in [-0.2, 0) is 4.79 Å². The molecule has 0 spiro atoms. The molecule has 1 aliphatic heterocycles. The van der Waals surface area contributed by atoms with Gasteiger partial charge in [0.2, 0.25) is 5.91 Å². The number of amides is 1. The van der Waals surface area contributed by atoms with Gasteiger partial charge in [0.1, 0.15) is 0 Å². The summed E-state index contributed by atoms with van der Waals surface area (Å²) in [6.45, 7) is 5.05. The van der Waals surface area contributed by atoms with Gasteiger partial charge in [0, 0.05) is 13.0 Å². The van der Waals surface area contributed by atoms with Gasteiger partial charge in [-0.3, -0.25) is 4.79 Å². The molecule has 1 N–H and O–H groups in total. The van der Waals surface area contributed by atoms with Crippen LogP contribution in [0.2, 0.25) is 0 Å². The van der Waals surface area contributed by atoms with Crippen LogP contribution >= 0.6 is 0 Å². The lowest BCUT2D eigenvalue weighted by Crippen LogP contribution is -2.37. The molecule has 4 nitrogen and oxygen atoms in total. The molecule has 1 unspecified atom stereocenters.